The standard InChI is InChI=1S/C28H25NO/c1-18-9-4-5-10-20(18)27-25(13-8-14-26(27)30)29-19-15-16-22-21-11-6-7-12-23(21)28(2,3)24(22)17-19/h4-17,29-30H,1-3H3. The van der Waals surface area contributed by atoms with Gasteiger partial charge in [0, 0.05) is 16.7 Å². The van der Waals surface area contributed by atoms with Crippen molar-refractivity contribution in [2.75, 3.05) is 5.32 Å². The molecule has 0 unspecified atom stereocenters. The number of phenolic OH excluding ortho intramolecular Hbond substituents is 1. The van der Waals surface area contributed by atoms with Crippen LogP contribution in [0.2, 0.25) is 0 Å². The van der Waals surface area contributed by atoms with Gasteiger partial charge in [0.05, 0.1) is 5.69 Å². The van der Waals surface area contributed by atoms with Gasteiger partial charge >= 0.3 is 0 Å². The molecule has 2 nitrogen and oxygen atoms in total. The molecule has 0 aliphatic heterocycles. The van der Waals surface area contributed by atoms with Gasteiger partial charge in [0.1, 0.15) is 5.75 Å². The monoisotopic (exact) mass is 391 g/mol. The molecule has 4 aromatic carbocycles. The fraction of sp³-hybridized carbons (Fsp3) is 0.143. The number of benzene rings is 4. The molecule has 0 fully saturated rings. The fourth-order valence-corrected chi connectivity index (χ4v) is 4.72. The molecule has 0 radical (unpaired) electrons. The largest absolute Gasteiger partial charge is 0.507 e. The molecule has 0 heterocycles. The molecular formula is C28H25NO. The van der Waals surface area contributed by atoms with Crippen LogP contribution in [0.4, 0.5) is 11.4 Å². The Balaban J connectivity index is 1.59. The highest BCUT2D eigenvalue weighted by Gasteiger charge is 2.35. The van der Waals surface area contributed by atoms with Gasteiger partial charge < -0.3 is 10.4 Å². The van der Waals surface area contributed by atoms with Crippen LogP contribution in [0, 0.1) is 6.92 Å². The van der Waals surface area contributed by atoms with Gasteiger partial charge in [-0.15, -0.1) is 0 Å². The lowest BCUT2D eigenvalue weighted by atomic mass is 9.82. The van der Waals surface area contributed by atoms with Crippen molar-refractivity contribution in [3.8, 4) is 28.0 Å². The van der Waals surface area contributed by atoms with Gasteiger partial charge in [0.2, 0.25) is 0 Å². The lowest BCUT2D eigenvalue weighted by molar-refractivity contribution is 0.477. The third kappa shape index (κ3) is 2.80. The molecular weight excluding hydrogens is 366 g/mol. The number of nitrogens with one attached hydrogen (secondary N) is 1. The number of phenols is 1. The van der Waals surface area contributed by atoms with Crippen LogP contribution in [0.5, 0.6) is 5.75 Å². The maximum absolute atomic E-state index is 10.7. The van der Waals surface area contributed by atoms with E-state index in [2.05, 4.69) is 80.7 Å². The Kier molecular flexibility index (Phi) is 4.18. The van der Waals surface area contributed by atoms with Crippen LogP contribution in [0.1, 0.15) is 30.5 Å². The number of hydrogen-bond donors (Lipinski definition) is 2. The highest BCUT2D eigenvalue weighted by Crippen LogP contribution is 2.49. The second kappa shape index (κ2) is 6.77. The number of rotatable bonds is 3. The Morgan fingerprint density at radius 2 is 1.40 bits per heavy atom. The molecule has 0 saturated heterocycles. The Labute approximate surface area is 177 Å². The first kappa shape index (κ1) is 18.5. The summed E-state index contributed by atoms with van der Waals surface area (Å²) in [5.74, 6) is 0.281. The minimum Gasteiger partial charge on any atom is -0.507 e. The summed E-state index contributed by atoms with van der Waals surface area (Å²) in [6.45, 7) is 6.64. The SMILES string of the molecule is Cc1ccccc1-c1c(O)cccc1Nc1ccc2c(c1)C(C)(C)c1ccccc1-2. The van der Waals surface area contributed by atoms with Crippen LogP contribution in [-0.4, -0.2) is 5.11 Å². The number of hydrogen-bond acceptors (Lipinski definition) is 2. The minimum atomic E-state index is -0.0404. The van der Waals surface area contributed by atoms with E-state index in [9.17, 15) is 5.11 Å². The van der Waals surface area contributed by atoms with Gasteiger partial charge in [-0.2, -0.15) is 0 Å². The molecule has 1 aliphatic rings. The predicted molar refractivity (Wildman–Crippen MR) is 126 cm³/mol. The summed E-state index contributed by atoms with van der Waals surface area (Å²) in [6.07, 6.45) is 0. The number of aromatic hydroxyl groups is 1. The van der Waals surface area contributed by atoms with Crippen molar-refractivity contribution in [3.05, 3.63) is 102 Å². The Bertz CT molecular complexity index is 1270. The minimum absolute atomic E-state index is 0.0404. The first-order valence-electron chi connectivity index (χ1n) is 10.4. The molecule has 5 rings (SSSR count). The second-order valence-electron chi connectivity index (χ2n) is 8.57. The molecule has 0 aromatic heterocycles. The van der Waals surface area contributed by atoms with E-state index in [1.54, 1.807) is 6.07 Å². The van der Waals surface area contributed by atoms with Crippen molar-refractivity contribution in [3.63, 3.8) is 0 Å². The van der Waals surface area contributed by atoms with Crippen LogP contribution in [0.25, 0.3) is 22.3 Å². The van der Waals surface area contributed by atoms with Gasteiger partial charge in [0.15, 0.2) is 0 Å². The first-order valence-corrected chi connectivity index (χ1v) is 10.4. The van der Waals surface area contributed by atoms with Crippen molar-refractivity contribution in [1.82, 2.24) is 0 Å². The van der Waals surface area contributed by atoms with Crippen molar-refractivity contribution in [2.45, 2.75) is 26.2 Å². The number of anilines is 2. The summed E-state index contributed by atoms with van der Waals surface area (Å²) in [6, 6.07) is 29.1. The van der Waals surface area contributed by atoms with Crippen LogP contribution in [0.3, 0.4) is 0 Å². The summed E-state index contributed by atoms with van der Waals surface area (Å²) in [4.78, 5) is 0. The summed E-state index contributed by atoms with van der Waals surface area (Å²) < 4.78 is 0. The van der Waals surface area contributed by atoms with Crippen LogP contribution < -0.4 is 5.32 Å². The maximum atomic E-state index is 10.7. The molecule has 0 saturated carbocycles. The number of fused-ring (bicyclic) bond motifs is 3. The smallest absolute Gasteiger partial charge is 0.125 e. The molecule has 2 N–H and O–H groups in total. The Morgan fingerprint density at radius 1 is 0.700 bits per heavy atom. The van der Waals surface area contributed by atoms with E-state index in [4.69, 9.17) is 0 Å². The van der Waals surface area contributed by atoms with Crippen molar-refractivity contribution in [1.29, 1.82) is 0 Å². The zero-order valence-corrected chi connectivity index (χ0v) is 17.5. The van der Waals surface area contributed by atoms with E-state index >= 15 is 0 Å². The van der Waals surface area contributed by atoms with E-state index in [1.165, 1.54) is 22.3 Å². The second-order valence-corrected chi connectivity index (χ2v) is 8.57. The normalized spacial score (nSPS) is 13.6. The molecule has 0 bridgehead atoms. The third-order valence-electron chi connectivity index (χ3n) is 6.32. The zero-order chi connectivity index (χ0) is 20.9. The van der Waals surface area contributed by atoms with Gasteiger partial charge in [-0.1, -0.05) is 74.5 Å². The molecule has 30 heavy (non-hydrogen) atoms. The first-order chi connectivity index (χ1) is 14.5. The van der Waals surface area contributed by atoms with E-state index in [0.717, 1.165) is 28.1 Å². The summed E-state index contributed by atoms with van der Waals surface area (Å²) in [5.41, 5.74) is 10.2. The van der Waals surface area contributed by atoms with Crippen molar-refractivity contribution in [2.24, 2.45) is 0 Å². The van der Waals surface area contributed by atoms with Crippen LogP contribution in [-0.2, 0) is 5.41 Å². The van der Waals surface area contributed by atoms with E-state index in [0.29, 0.717) is 0 Å². The van der Waals surface area contributed by atoms with Crippen LogP contribution in [0.15, 0.2) is 84.9 Å². The average molecular weight is 392 g/mol. The summed E-state index contributed by atoms with van der Waals surface area (Å²) >= 11 is 0. The van der Waals surface area contributed by atoms with Gasteiger partial charge in [-0.05, 0) is 64.6 Å². The maximum Gasteiger partial charge on any atom is 0.125 e. The zero-order valence-electron chi connectivity index (χ0n) is 17.5. The van der Waals surface area contributed by atoms with Gasteiger partial charge in [-0.3, -0.25) is 0 Å². The number of aryl methyl sites for hydroxylation is 1. The Hall–Kier alpha value is -3.52. The highest BCUT2D eigenvalue weighted by molar-refractivity contribution is 5.88. The Morgan fingerprint density at radius 3 is 2.20 bits per heavy atom. The predicted octanol–water partition coefficient (Wildman–Crippen LogP) is 7.42. The molecule has 1 aliphatic carbocycles. The highest BCUT2D eigenvalue weighted by atomic mass is 16.3. The molecule has 0 atom stereocenters. The molecule has 148 valence electrons. The quantitative estimate of drug-likeness (QED) is 0.381. The lowest BCUT2D eigenvalue weighted by Gasteiger charge is -2.22. The van der Waals surface area contributed by atoms with Gasteiger partial charge in [0.25, 0.3) is 0 Å². The lowest BCUT2D eigenvalue weighted by Crippen LogP contribution is -2.15. The third-order valence-corrected chi connectivity index (χ3v) is 6.32. The average Bonchev–Trinajstić information content (AvgIpc) is 2.97. The fourth-order valence-electron chi connectivity index (χ4n) is 4.72. The van der Waals surface area contributed by atoms with E-state index in [-0.39, 0.29) is 11.2 Å². The van der Waals surface area contributed by atoms with Crippen molar-refractivity contribution >= 4 is 11.4 Å². The molecule has 2 heteroatoms. The van der Waals surface area contributed by atoms with E-state index in [1.807, 2.05) is 24.3 Å². The molecule has 0 spiro atoms. The topological polar surface area (TPSA) is 32.3 Å². The molecule has 0 amide bonds. The van der Waals surface area contributed by atoms with Gasteiger partial charge in [-0.25, -0.2) is 0 Å². The van der Waals surface area contributed by atoms with E-state index < -0.39 is 0 Å². The van der Waals surface area contributed by atoms with Crippen molar-refractivity contribution < 1.29 is 5.11 Å². The summed E-state index contributed by atoms with van der Waals surface area (Å²) in [5, 5.41) is 14.2. The van der Waals surface area contributed by atoms with Crippen LogP contribution >= 0.6 is 0 Å². The summed E-state index contributed by atoms with van der Waals surface area (Å²) in [7, 11) is 0. The molecule has 4 aromatic rings.